The molecule has 4 rings (SSSR count). The first kappa shape index (κ1) is 11.8. The van der Waals surface area contributed by atoms with Crippen LogP contribution in [0.4, 0.5) is 0 Å². The maximum Gasteiger partial charge on any atom is 0.218 e. The van der Waals surface area contributed by atoms with Crippen molar-refractivity contribution in [2.45, 2.75) is 38.5 Å². The Labute approximate surface area is 108 Å². The van der Waals surface area contributed by atoms with Crippen molar-refractivity contribution in [1.82, 2.24) is 0 Å². The Morgan fingerprint density at radius 3 is 1.89 bits per heavy atom. The van der Waals surface area contributed by atoms with Gasteiger partial charge in [-0.3, -0.25) is 4.99 Å². The third-order valence-corrected chi connectivity index (χ3v) is 4.99. The van der Waals surface area contributed by atoms with E-state index < -0.39 is 0 Å². The van der Waals surface area contributed by atoms with E-state index in [0.717, 1.165) is 24.3 Å². The van der Waals surface area contributed by atoms with Gasteiger partial charge in [0.1, 0.15) is 0 Å². The molecule has 0 radical (unpaired) electrons. The zero-order valence-electron chi connectivity index (χ0n) is 10.8. The van der Waals surface area contributed by atoms with E-state index in [1.165, 1.54) is 38.5 Å². The third kappa shape index (κ3) is 2.18. The summed E-state index contributed by atoms with van der Waals surface area (Å²) in [5.41, 5.74) is 16.7. The van der Waals surface area contributed by atoms with Crippen molar-refractivity contribution in [2.75, 3.05) is 6.54 Å². The number of rotatable bonds is 2. The molecule has 0 unspecified atom stereocenters. The molecule has 100 valence electrons. The molecule has 6 N–H and O–H groups in total. The van der Waals surface area contributed by atoms with Gasteiger partial charge in [-0.2, -0.15) is 4.99 Å². The SMILES string of the molecule is NC(N)=NC(N)=NCC12CC3CC(CC(C3)C1)C2. The molecule has 0 aromatic heterocycles. The zero-order chi connectivity index (χ0) is 12.8. The highest BCUT2D eigenvalue weighted by atomic mass is 15.1. The molecule has 18 heavy (non-hydrogen) atoms. The highest BCUT2D eigenvalue weighted by Gasteiger charge is 2.50. The third-order valence-electron chi connectivity index (χ3n) is 4.99. The summed E-state index contributed by atoms with van der Waals surface area (Å²) in [5, 5.41) is 0. The van der Waals surface area contributed by atoms with E-state index in [2.05, 4.69) is 9.98 Å². The molecule has 4 aliphatic rings. The summed E-state index contributed by atoms with van der Waals surface area (Å²) in [7, 11) is 0. The lowest BCUT2D eigenvalue weighted by Gasteiger charge is -2.56. The molecule has 4 bridgehead atoms. The summed E-state index contributed by atoms with van der Waals surface area (Å²) in [6, 6.07) is 0. The van der Waals surface area contributed by atoms with Gasteiger partial charge in [-0.25, -0.2) is 0 Å². The molecular weight excluding hydrogens is 226 g/mol. The van der Waals surface area contributed by atoms with Gasteiger partial charge in [-0.1, -0.05) is 0 Å². The Bertz CT molecular complexity index is 359. The normalized spacial score (nSPS) is 42.0. The van der Waals surface area contributed by atoms with Crippen LogP contribution in [0, 0.1) is 23.2 Å². The van der Waals surface area contributed by atoms with Crippen LogP contribution in [-0.4, -0.2) is 18.5 Å². The van der Waals surface area contributed by atoms with Gasteiger partial charge in [0.05, 0.1) is 0 Å². The lowest BCUT2D eigenvalue weighted by molar-refractivity contribution is -0.0465. The fraction of sp³-hybridized carbons (Fsp3) is 0.846. The zero-order valence-corrected chi connectivity index (χ0v) is 10.8. The lowest BCUT2D eigenvalue weighted by Crippen LogP contribution is -2.47. The maximum atomic E-state index is 5.71. The van der Waals surface area contributed by atoms with Gasteiger partial charge in [-0.05, 0) is 61.7 Å². The molecule has 0 saturated heterocycles. The van der Waals surface area contributed by atoms with Gasteiger partial charge in [-0.15, -0.1) is 0 Å². The van der Waals surface area contributed by atoms with Crippen molar-refractivity contribution >= 4 is 11.9 Å². The van der Waals surface area contributed by atoms with Crippen LogP contribution in [0.5, 0.6) is 0 Å². The van der Waals surface area contributed by atoms with E-state index in [1.54, 1.807) is 0 Å². The van der Waals surface area contributed by atoms with Gasteiger partial charge in [0, 0.05) is 6.54 Å². The van der Waals surface area contributed by atoms with Gasteiger partial charge in [0.25, 0.3) is 0 Å². The second-order valence-corrected chi connectivity index (χ2v) is 6.63. The summed E-state index contributed by atoms with van der Waals surface area (Å²) >= 11 is 0. The fourth-order valence-corrected chi connectivity index (χ4v) is 4.90. The molecule has 4 fully saturated rings. The molecule has 0 heterocycles. The van der Waals surface area contributed by atoms with E-state index in [4.69, 9.17) is 17.2 Å². The molecule has 0 aromatic rings. The Hall–Kier alpha value is -1.26. The summed E-state index contributed by atoms with van der Waals surface area (Å²) < 4.78 is 0. The number of hydrogen-bond donors (Lipinski definition) is 3. The van der Waals surface area contributed by atoms with Gasteiger partial charge >= 0.3 is 0 Å². The number of aliphatic imine (C=N–C) groups is 2. The molecular formula is C13H23N5. The van der Waals surface area contributed by atoms with Crippen molar-refractivity contribution in [1.29, 1.82) is 0 Å². The van der Waals surface area contributed by atoms with Crippen LogP contribution in [0.25, 0.3) is 0 Å². The van der Waals surface area contributed by atoms with Crippen molar-refractivity contribution < 1.29 is 0 Å². The summed E-state index contributed by atoms with van der Waals surface area (Å²) in [4.78, 5) is 8.20. The fourth-order valence-electron chi connectivity index (χ4n) is 4.90. The van der Waals surface area contributed by atoms with Crippen molar-refractivity contribution in [3.8, 4) is 0 Å². The standard InChI is InChI=1S/C13H23N5/c14-11(15)18-12(16)17-7-13-4-8-1-9(5-13)3-10(2-8)6-13/h8-10H,1-7H2,(H6,14,15,16,17,18). The average Bonchev–Trinajstić information content (AvgIpc) is 2.23. The predicted octanol–water partition coefficient (Wildman–Crippen LogP) is 0.791. The van der Waals surface area contributed by atoms with Crippen LogP contribution in [0.2, 0.25) is 0 Å². The van der Waals surface area contributed by atoms with Crippen LogP contribution in [0.3, 0.4) is 0 Å². The Balaban J connectivity index is 1.71. The van der Waals surface area contributed by atoms with Crippen molar-refractivity contribution in [3.05, 3.63) is 0 Å². The topological polar surface area (TPSA) is 103 Å². The minimum atomic E-state index is -0.0123. The summed E-state index contributed by atoms with van der Waals surface area (Å²) in [6.45, 7) is 0.805. The molecule has 0 aliphatic heterocycles. The highest BCUT2D eigenvalue weighted by molar-refractivity contribution is 5.92. The average molecular weight is 249 g/mol. The lowest BCUT2D eigenvalue weighted by atomic mass is 9.49. The van der Waals surface area contributed by atoms with E-state index in [9.17, 15) is 0 Å². The van der Waals surface area contributed by atoms with E-state index in [-0.39, 0.29) is 11.9 Å². The van der Waals surface area contributed by atoms with E-state index in [1.807, 2.05) is 0 Å². The second kappa shape index (κ2) is 4.14. The van der Waals surface area contributed by atoms with Crippen LogP contribution in [0.1, 0.15) is 38.5 Å². The van der Waals surface area contributed by atoms with Crippen molar-refractivity contribution in [2.24, 2.45) is 50.4 Å². The first-order chi connectivity index (χ1) is 8.55. The minimum absolute atomic E-state index is 0.0123. The van der Waals surface area contributed by atoms with Gasteiger partial charge in [0.2, 0.25) is 5.96 Å². The van der Waals surface area contributed by atoms with Crippen LogP contribution < -0.4 is 17.2 Å². The molecule has 4 aliphatic carbocycles. The predicted molar refractivity (Wildman–Crippen MR) is 72.9 cm³/mol. The van der Waals surface area contributed by atoms with E-state index >= 15 is 0 Å². The molecule has 0 atom stereocenters. The monoisotopic (exact) mass is 249 g/mol. The highest BCUT2D eigenvalue weighted by Crippen LogP contribution is 2.60. The second-order valence-electron chi connectivity index (χ2n) is 6.63. The number of hydrogen-bond acceptors (Lipinski definition) is 1. The van der Waals surface area contributed by atoms with Crippen LogP contribution in [-0.2, 0) is 0 Å². The largest absolute Gasteiger partial charge is 0.370 e. The molecule has 0 spiro atoms. The summed E-state index contributed by atoms with van der Waals surface area (Å²) in [6.07, 6.45) is 8.35. The molecule has 0 amide bonds. The molecule has 5 heteroatoms. The number of nitrogens with zero attached hydrogens (tertiary/aromatic N) is 2. The quantitative estimate of drug-likeness (QED) is 0.498. The van der Waals surface area contributed by atoms with Crippen LogP contribution in [0.15, 0.2) is 9.98 Å². The Kier molecular flexibility index (Phi) is 2.72. The van der Waals surface area contributed by atoms with Gasteiger partial charge in [0.15, 0.2) is 5.96 Å². The smallest absolute Gasteiger partial charge is 0.218 e. The van der Waals surface area contributed by atoms with Crippen molar-refractivity contribution in [3.63, 3.8) is 0 Å². The van der Waals surface area contributed by atoms with Crippen LogP contribution >= 0.6 is 0 Å². The maximum absolute atomic E-state index is 5.71. The molecule has 4 saturated carbocycles. The van der Waals surface area contributed by atoms with E-state index in [0.29, 0.717) is 5.41 Å². The Morgan fingerprint density at radius 1 is 0.944 bits per heavy atom. The molecule has 5 nitrogen and oxygen atoms in total. The summed E-state index contributed by atoms with van der Waals surface area (Å²) in [5.74, 6) is 3.04. The first-order valence-corrected chi connectivity index (χ1v) is 6.94. The number of guanidine groups is 2. The first-order valence-electron chi connectivity index (χ1n) is 6.94. The Morgan fingerprint density at radius 2 is 1.44 bits per heavy atom. The molecule has 0 aromatic carbocycles. The van der Waals surface area contributed by atoms with Gasteiger partial charge < -0.3 is 17.2 Å². The minimum Gasteiger partial charge on any atom is -0.370 e. The number of nitrogens with two attached hydrogens (primary N) is 3.